The highest BCUT2D eigenvalue weighted by Gasteiger charge is 2.05. The van der Waals surface area contributed by atoms with E-state index in [1.807, 2.05) is 26.0 Å². The molecule has 0 aliphatic heterocycles. The largest absolute Gasteiger partial charge is 0.271 e. The summed E-state index contributed by atoms with van der Waals surface area (Å²) >= 11 is 0.972. The van der Waals surface area contributed by atoms with Gasteiger partial charge in [0.2, 0.25) is 0 Å². The molecular weight excluding hydrogens is 263 g/mol. The second kappa shape index (κ2) is 5.75. The van der Waals surface area contributed by atoms with Crippen molar-refractivity contribution in [1.82, 2.24) is 5.43 Å². The number of rotatable bonds is 3. The minimum Gasteiger partial charge on any atom is -0.267 e. The summed E-state index contributed by atoms with van der Waals surface area (Å²) in [6.45, 7) is 3.93. The van der Waals surface area contributed by atoms with Crippen LogP contribution in [0, 0.1) is 19.0 Å². The Morgan fingerprint density at radius 1 is 1.26 bits per heavy atom. The molecule has 0 fully saturated rings. The number of amides is 1. The number of aryl methyl sites for hydroxylation is 2. The Bertz CT molecular complexity index is 634. The smallest absolute Gasteiger partial charge is 0.267 e. The van der Waals surface area contributed by atoms with Gasteiger partial charge in [0.1, 0.15) is 0 Å². The number of nitrogens with one attached hydrogen (secondary N) is 1. The first-order valence-corrected chi connectivity index (χ1v) is 6.54. The van der Waals surface area contributed by atoms with E-state index in [1.54, 1.807) is 12.1 Å². The number of hydrazone groups is 1. The molecule has 2 aromatic rings. The van der Waals surface area contributed by atoms with E-state index >= 15 is 0 Å². The monoisotopic (exact) mass is 276 g/mol. The molecule has 0 atom stereocenters. The van der Waals surface area contributed by atoms with E-state index in [0.29, 0.717) is 10.4 Å². The molecule has 1 amide bonds. The number of hydrogen-bond acceptors (Lipinski definition) is 3. The van der Waals surface area contributed by atoms with E-state index < -0.39 is 0 Å². The first kappa shape index (κ1) is 13.4. The lowest BCUT2D eigenvalue weighted by Crippen LogP contribution is -2.17. The Morgan fingerprint density at radius 3 is 2.68 bits per heavy atom. The summed E-state index contributed by atoms with van der Waals surface area (Å²) in [5, 5.41) is 3.53. The second-order valence-corrected chi connectivity index (χ2v) is 5.21. The summed E-state index contributed by atoms with van der Waals surface area (Å²) < 4.78 is 12.7. The van der Waals surface area contributed by atoms with Gasteiger partial charge >= 0.3 is 0 Å². The third kappa shape index (κ3) is 3.48. The zero-order valence-electron chi connectivity index (χ0n) is 10.6. The molecule has 19 heavy (non-hydrogen) atoms. The number of carbonyl (C=O) groups is 1. The fourth-order valence-electron chi connectivity index (χ4n) is 1.50. The first-order valence-electron chi connectivity index (χ1n) is 5.72. The van der Waals surface area contributed by atoms with Crippen LogP contribution in [0.25, 0.3) is 0 Å². The Balaban J connectivity index is 2.01. The van der Waals surface area contributed by atoms with E-state index in [1.165, 1.54) is 12.3 Å². The maximum atomic E-state index is 12.7. The van der Waals surface area contributed by atoms with Gasteiger partial charge in [0, 0.05) is 5.56 Å². The van der Waals surface area contributed by atoms with Crippen LogP contribution in [-0.2, 0) is 0 Å². The van der Waals surface area contributed by atoms with Crippen LogP contribution in [0.4, 0.5) is 4.39 Å². The minimum atomic E-state index is -0.281. The third-order valence-electron chi connectivity index (χ3n) is 2.72. The summed E-state index contributed by atoms with van der Waals surface area (Å²) in [4.78, 5) is 12.5. The minimum absolute atomic E-state index is 0.276. The van der Waals surface area contributed by atoms with Crippen LogP contribution in [0.2, 0.25) is 0 Å². The van der Waals surface area contributed by atoms with E-state index in [2.05, 4.69) is 10.5 Å². The molecule has 0 radical (unpaired) electrons. The Kier molecular flexibility index (Phi) is 4.06. The average Bonchev–Trinajstić information content (AvgIpc) is 2.78. The summed E-state index contributed by atoms with van der Waals surface area (Å²) in [5.41, 5.74) is 5.16. The van der Waals surface area contributed by atoms with E-state index in [4.69, 9.17) is 0 Å². The molecule has 98 valence electrons. The van der Waals surface area contributed by atoms with E-state index in [-0.39, 0.29) is 11.0 Å². The molecule has 1 heterocycles. The maximum Gasteiger partial charge on any atom is 0.271 e. The summed E-state index contributed by atoms with van der Waals surface area (Å²) in [6.07, 6.45) is 1.42. The lowest BCUT2D eigenvalue weighted by molar-refractivity contribution is 0.0955. The molecule has 1 aromatic carbocycles. The van der Waals surface area contributed by atoms with Crippen LogP contribution >= 0.6 is 11.3 Å². The van der Waals surface area contributed by atoms with Gasteiger partial charge in [-0.05, 0) is 49.2 Å². The Morgan fingerprint density at radius 2 is 2.05 bits per heavy atom. The van der Waals surface area contributed by atoms with Crippen molar-refractivity contribution in [1.29, 1.82) is 0 Å². The number of thiophene rings is 1. The van der Waals surface area contributed by atoms with Crippen molar-refractivity contribution in [2.75, 3.05) is 0 Å². The van der Waals surface area contributed by atoms with Gasteiger partial charge in [0.15, 0.2) is 5.13 Å². The Hall–Kier alpha value is -2.01. The van der Waals surface area contributed by atoms with Gasteiger partial charge in [-0.2, -0.15) is 9.49 Å². The lowest BCUT2D eigenvalue weighted by Gasteiger charge is -2.03. The molecule has 3 nitrogen and oxygen atoms in total. The van der Waals surface area contributed by atoms with Gasteiger partial charge in [-0.15, -0.1) is 11.3 Å². The predicted octanol–water partition coefficient (Wildman–Crippen LogP) is 3.27. The van der Waals surface area contributed by atoms with Gasteiger partial charge in [-0.3, -0.25) is 4.79 Å². The van der Waals surface area contributed by atoms with Crippen molar-refractivity contribution < 1.29 is 9.18 Å². The molecule has 1 N–H and O–H groups in total. The van der Waals surface area contributed by atoms with Crippen molar-refractivity contribution in [2.24, 2.45) is 5.10 Å². The van der Waals surface area contributed by atoms with E-state index in [0.717, 1.165) is 22.5 Å². The molecule has 0 bridgehead atoms. The highest BCUT2D eigenvalue weighted by atomic mass is 32.1. The van der Waals surface area contributed by atoms with Crippen LogP contribution in [0.5, 0.6) is 0 Å². The topological polar surface area (TPSA) is 41.5 Å². The fourth-order valence-corrected chi connectivity index (χ4v) is 2.10. The number of nitrogens with zero attached hydrogens (tertiary/aromatic N) is 1. The van der Waals surface area contributed by atoms with Crippen LogP contribution in [-0.4, -0.2) is 12.1 Å². The average molecular weight is 276 g/mol. The van der Waals surface area contributed by atoms with Gasteiger partial charge < -0.3 is 0 Å². The molecule has 0 aliphatic rings. The van der Waals surface area contributed by atoms with Gasteiger partial charge in [0.05, 0.1) is 11.1 Å². The van der Waals surface area contributed by atoms with Crippen LogP contribution in [0.1, 0.15) is 26.4 Å². The molecule has 5 heteroatoms. The zero-order chi connectivity index (χ0) is 13.8. The first-order chi connectivity index (χ1) is 9.06. The molecule has 0 aliphatic carbocycles. The summed E-state index contributed by atoms with van der Waals surface area (Å²) in [5.74, 6) is -0.281. The predicted molar refractivity (Wildman–Crippen MR) is 75.3 cm³/mol. The molecular formula is C14H13FN2OS. The highest BCUT2D eigenvalue weighted by molar-refractivity contribution is 7.12. The zero-order valence-corrected chi connectivity index (χ0v) is 11.4. The fraction of sp³-hybridized carbons (Fsp3) is 0.143. The van der Waals surface area contributed by atoms with Crippen molar-refractivity contribution in [3.63, 3.8) is 0 Å². The molecule has 2 rings (SSSR count). The molecule has 1 aromatic heterocycles. The van der Waals surface area contributed by atoms with Crippen LogP contribution in [0.3, 0.4) is 0 Å². The summed E-state index contributed by atoms with van der Waals surface area (Å²) in [6, 6.07) is 8.41. The normalized spacial score (nSPS) is 10.9. The quantitative estimate of drug-likeness (QED) is 0.678. The van der Waals surface area contributed by atoms with Crippen molar-refractivity contribution in [2.45, 2.75) is 13.8 Å². The molecule has 0 saturated carbocycles. The van der Waals surface area contributed by atoms with Crippen LogP contribution < -0.4 is 5.43 Å². The summed E-state index contributed by atoms with van der Waals surface area (Å²) in [7, 11) is 0. The maximum absolute atomic E-state index is 12.7. The van der Waals surface area contributed by atoms with Crippen LogP contribution in [0.15, 0.2) is 35.4 Å². The van der Waals surface area contributed by atoms with Crippen molar-refractivity contribution in [3.05, 3.63) is 57.0 Å². The van der Waals surface area contributed by atoms with Gasteiger partial charge in [-0.1, -0.05) is 6.07 Å². The SMILES string of the molecule is Cc1ccc(C(=O)N/N=C/c2ccc(F)s2)cc1C. The standard InChI is InChI=1S/C14H13FN2OS/c1-9-3-4-11(7-10(9)2)14(18)17-16-8-12-5-6-13(15)19-12/h3-8H,1-2H3,(H,17,18)/b16-8+. The molecule has 0 saturated heterocycles. The number of halogens is 1. The number of benzene rings is 1. The number of hydrogen-bond donors (Lipinski definition) is 1. The second-order valence-electron chi connectivity index (χ2n) is 4.14. The third-order valence-corrected chi connectivity index (χ3v) is 3.53. The number of carbonyl (C=O) groups excluding carboxylic acids is 1. The Labute approximate surface area is 114 Å². The van der Waals surface area contributed by atoms with E-state index in [9.17, 15) is 9.18 Å². The lowest BCUT2D eigenvalue weighted by atomic mass is 10.1. The van der Waals surface area contributed by atoms with Crippen molar-refractivity contribution in [3.8, 4) is 0 Å². The van der Waals surface area contributed by atoms with Gasteiger partial charge in [0.25, 0.3) is 5.91 Å². The molecule has 0 spiro atoms. The van der Waals surface area contributed by atoms with Crippen molar-refractivity contribution >= 4 is 23.5 Å². The highest BCUT2D eigenvalue weighted by Crippen LogP contribution is 2.12. The molecule has 0 unspecified atom stereocenters. The van der Waals surface area contributed by atoms with Gasteiger partial charge in [-0.25, -0.2) is 5.43 Å².